The third-order valence-electron chi connectivity index (χ3n) is 3.41. The number of carbonyl (C=O) groups is 2. The van der Waals surface area contributed by atoms with Crippen molar-refractivity contribution >= 4 is 11.8 Å². The molecular weight excluding hydrogens is 276 g/mol. The van der Waals surface area contributed by atoms with Crippen molar-refractivity contribution in [3.8, 4) is 0 Å². The molecule has 0 heterocycles. The van der Waals surface area contributed by atoms with E-state index in [1.165, 1.54) is 25.3 Å². The summed E-state index contributed by atoms with van der Waals surface area (Å²) < 4.78 is 4.87. The molecule has 0 amide bonds. The topological polar surface area (TPSA) is 43.4 Å². The van der Waals surface area contributed by atoms with Gasteiger partial charge in [0.15, 0.2) is 5.78 Å². The van der Waals surface area contributed by atoms with Crippen LogP contribution in [0.25, 0.3) is 0 Å². The van der Waals surface area contributed by atoms with Crippen LogP contribution in [0, 0.1) is 0 Å². The van der Waals surface area contributed by atoms with E-state index in [-0.39, 0.29) is 11.8 Å². The van der Waals surface area contributed by atoms with E-state index < -0.39 is 0 Å². The lowest BCUT2D eigenvalue weighted by molar-refractivity contribution is -0.137. The summed E-state index contributed by atoms with van der Waals surface area (Å²) in [6.07, 6.45) is 14.1. The first-order valence-electron chi connectivity index (χ1n) is 8.72. The van der Waals surface area contributed by atoms with E-state index in [1.54, 1.807) is 19.1 Å². The molecule has 3 heteroatoms. The molecule has 0 rings (SSSR count). The van der Waals surface area contributed by atoms with E-state index in [1.807, 2.05) is 0 Å². The van der Waals surface area contributed by atoms with Crippen LogP contribution < -0.4 is 0 Å². The first-order valence-corrected chi connectivity index (χ1v) is 8.72. The van der Waals surface area contributed by atoms with Gasteiger partial charge in [-0.1, -0.05) is 52.0 Å². The zero-order valence-electron chi connectivity index (χ0n) is 14.5. The van der Waals surface area contributed by atoms with E-state index in [4.69, 9.17) is 4.74 Å². The standard InChI is InChI=1S/C19H32O3/c1-4-7-9-10-11-13-18(20)16-17(12-8-5-2)14-15-19(21)22-6-3/h14-16H,4-13H2,1-3H3/b15-14+,17-16+. The van der Waals surface area contributed by atoms with Crippen molar-refractivity contribution in [2.45, 2.75) is 78.6 Å². The fourth-order valence-electron chi connectivity index (χ4n) is 2.13. The highest BCUT2D eigenvalue weighted by Crippen LogP contribution is 2.12. The third kappa shape index (κ3) is 12.4. The largest absolute Gasteiger partial charge is 0.463 e. The summed E-state index contributed by atoms with van der Waals surface area (Å²) in [6.45, 7) is 6.45. The molecule has 0 saturated carbocycles. The van der Waals surface area contributed by atoms with Crippen LogP contribution in [0.5, 0.6) is 0 Å². The molecular formula is C19H32O3. The Morgan fingerprint density at radius 2 is 1.50 bits per heavy atom. The molecule has 0 aromatic rings. The Kier molecular flexibility index (Phi) is 13.6. The van der Waals surface area contributed by atoms with Crippen LogP contribution in [0.2, 0.25) is 0 Å². The Morgan fingerprint density at radius 3 is 2.14 bits per heavy atom. The minimum absolute atomic E-state index is 0.163. The summed E-state index contributed by atoms with van der Waals surface area (Å²) in [7, 11) is 0. The number of hydrogen-bond acceptors (Lipinski definition) is 3. The van der Waals surface area contributed by atoms with Gasteiger partial charge >= 0.3 is 5.97 Å². The van der Waals surface area contributed by atoms with E-state index >= 15 is 0 Å². The number of allylic oxidation sites excluding steroid dienone is 3. The smallest absolute Gasteiger partial charge is 0.330 e. The molecule has 0 atom stereocenters. The Balaban J connectivity index is 4.39. The quantitative estimate of drug-likeness (QED) is 0.204. The van der Waals surface area contributed by atoms with Gasteiger partial charge in [-0.3, -0.25) is 4.79 Å². The number of unbranched alkanes of at least 4 members (excludes halogenated alkanes) is 5. The van der Waals surface area contributed by atoms with Crippen LogP contribution in [0.15, 0.2) is 23.8 Å². The summed E-state index contributed by atoms with van der Waals surface area (Å²) in [6, 6.07) is 0. The molecule has 0 fully saturated rings. The molecule has 126 valence electrons. The molecule has 0 bridgehead atoms. The van der Waals surface area contributed by atoms with Crippen LogP contribution in [-0.2, 0) is 14.3 Å². The average molecular weight is 308 g/mol. The van der Waals surface area contributed by atoms with Gasteiger partial charge in [-0.05, 0) is 37.8 Å². The van der Waals surface area contributed by atoms with Crippen molar-refractivity contribution in [2.75, 3.05) is 6.61 Å². The van der Waals surface area contributed by atoms with Crippen LogP contribution >= 0.6 is 0 Å². The Bertz CT molecular complexity index is 367. The van der Waals surface area contributed by atoms with Crippen molar-refractivity contribution in [1.29, 1.82) is 0 Å². The molecule has 0 aliphatic rings. The molecule has 0 aliphatic carbocycles. The Labute approximate surface area is 135 Å². The lowest BCUT2D eigenvalue weighted by Gasteiger charge is -2.02. The summed E-state index contributed by atoms with van der Waals surface area (Å²) in [5.74, 6) is -0.187. The highest BCUT2D eigenvalue weighted by atomic mass is 16.5. The van der Waals surface area contributed by atoms with Crippen molar-refractivity contribution in [1.82, 2.24) is 0 Å². The number of ether oxygens (including phenoxy) is 1. The van der Waals surface area contributed by atoms with Crippen LogP contribution in [0.4, 0.5) is 0 Å². The fourth-order valence-corrected chi connectivity index (χ4v) is 2.13. The van der Waals surface area contributed by atoms with Gasteiger partial charge in [0.1, 0.15) is 0 Å². The predicted octanol–water partition coefficient (Wildman–Crippen LogP) is 5.15. The third-order valence-corrected chi connectivity index (χ3v) is 3.41. The molecule has 0 radical (unpaired) electrons. The molecule has 0 saturated heterocycles. The summed E-state index contributed by atoms with van der Waals surface area (Å²) in [5.41, 5.74) is 0.925. The molecule has 3 nitrogen and oxygen atoms in total. The molecule has 0 spiro atoms. The second-order valence-electron chi connectivity index (χ2n) is 5.54. The lowest BCUT2D eigenvalue weighted by Crippen LogP contribution is -2.00. The Morgan fingerprint density at radius 1 is 0.818 bits per heavy atom. The molecule has 0 N–H and O–H groups in total. The second kappa shape index (κ2) is 14.6. The van der Waals surface area contributed by atoms with Gasteiger partial charge in [-0.2, -0.15) is 0 Å². The van der Waals surface area contributed by atoms with Crippen molar-refractivity contribution in [2.24, 2.45) is 0 Å². The van der Waals surface area contributed by atoms with Gasteiger partial charge < -0.3 is 4.74 Å². The second-order valence-corrected chi connectivity index (χ2v) is 5.54. The van der Waals surface area contributed by atoms with Crippen LogP contribution in [0.3, 0.4) is 0 Å². The number of hydrogen-bond donors (Lipinski definition) is 0. The van der Waals surface area contributed by atoms with Gasteiger partial charge in [-0.25, -0.2) is 4.79 Å². The molecule has 22 heavy (non-hydrogen) atoms. The summed E-state index contributed by atoms with van der Waals surface area (Å²) in [4.78, 5) is 23.4. The predicted molar refractivity (Wildman–Crippen MR) is 91.8 cm³/mol. The molecule has 0 aromatic carbocycles. The van der Waals surface area contributed by atoms with Gasteiger partial charge in [0.05, 0.1) is 6.61 Å². The first kappa shape index (κ1) is 20.6. The minimum atomic E-state index is -0.350. The van der Waals surface area contributed by atoms with Crippen molar-refractivity contribution in [3.63, 3.8) is 0 Å². The summed E-state index contributed by atoms with van der Waals surface area (Å²) in [5, 5.41) is 0. The molecule has 0 aromatic heterocycles. The maximum Gasteiger partial charge on any atom is 0.330 e. The Hall–Kier alpha value is -1.38. The minimum Gasteiger partial charge on any atom is -0.463 e. The van der Waals surface area contributed by atoms with E-state index in [9.17, 15) is 9.59 Å². The van der Waals surface area contributed by atoms with Crippen molar-refractivity contribution < 1.29 is 14.3 Å². The van der Waals surface area contributed by atoms with Gasteiger partial charge in [0.25, 0.3) is 0 Å². The number of carbonyl (C=O) groups excluding carboxylic acids is 2. The molecule has 0 unspecified atom stereocenters. The van der Waals surface area contributed by atoms with E-state index in [0.29, 0.717) is 13.0 Å². The van der Waals surface area contributed by atoms with Gasteiger partial charge in [-0.15, -0.1) is 0 Å². The fraction of sp³-hybridized carbons (Fsp3) is 0.684. The van der Waals surface area contributed by atoms with Crippen LogP contribution in [0.1, 0.15) is 78.6 Å². The SMILES string of the molecule is CCCCCCCC(=O)/C=C(/C=C/C(=O)OCC)CCCC. The first-order chi connectivity index (χ1) is 10.6. The van der Waals surface area contributed by atoms with Crippen molar-refractivity contribution in [3.05, 3.63) is 23.8 Å². The number of rotatable bonds is 13. The van der Waals surface area contributed by atoms with Gasteiger partial charge in [0.2, 0.25) is 0 Å². The zero-order valence-corrected chi connectivity index (χ0v) is 14.5. The summed E-state index contributed by atoms with van der Waals surface area (Å²) >= 11 is 0. The monoisotopic (exact) mass is 308 g/mol. The normalized spacial score (nSPS) is 11.9. The maximum absolute atomic E-state index is 12.0. The number of esters is 1. The number of ketones is 1. The lowest BCUT2D eigenvalue weighted by atomic mass is 10.0. The van der Waals surface area contributed by atoms with Gasteiger partial charge in [0, 0.05) is 12.5 Å². The van der Waals surface area contributed by atoms with E-state index in [2.05, 4.69) is 13.8 Å². The van der Waals surface area contributed by atoms with E-state index in [0.717, 1.165) is 37.7 Å². The highest BCUT2D eigenvalue weighted by Gasteiger charge is 2.02. The zero-order chi connectivity index (χ0) is 16.6. The average Bonchev–Trinajstić information content (AvgIpc) is 2.50. The van der Waals surface area contributed by atoms with Crippen LogP contribution in [-0.4, -0.2) is 18.4 Å². The molecule has 0 aliphatic heterocycles. The maximum atomic E-state index is 12.0. The highest BCUT2D eigenvalue weighted by molar-refractivity contribution is 5.91.